The van der Waals surface area contributed by atoms with Gasteiger partial charge < -0.3 is 10.2 Å². The van der Waals surface area contributed by atoms with Gasteiger partial charge in [-0.2, -0.15) is 0 Å². The summed E-state index contributed by atoms with van der Waals surface area (Å²) >= 11 is 0. The van der Waals surface area contributed by atoms with Crippen molar-refractivity contribution in [3.8, 4) is 11.3 Å². The maximum Gasteiger partial charge on any atom is 0.240 e. The molecule has 0 saturated heterocycles. The Morgan fingerprint density at radius 3 is 2.36 bits per heavy atom. The number of benzene rings is 2. The van der Waals surface area contributed by atoms with Crippen LogP contribution in [0.15, 0.2) is 71.8 Å². The third-order valence-corrected chi connectivity index (χ3v) is 5.47. The number of hydrogen-bond acceptors (Lipinski definition) is 6. The molecular formula is C20H23N5O2S. The fourth-order valence-corrected chi connectivity index (χ4v) is 3.54. The summed E-state index contributed by atoms with van der Waals surface area (Å²) in [5.41, 5.74) is 2.51. The second-order valence-corrected chi connectivity index (χ2v) is 8.25. The molecule has 0 aliphatic heterocycles. The fraction of sp³-hybridized carbons (Fsp3) is 0.200. The summed E-state index contributed by atoms with van der Waals surface area (Å²) < 4.78 is 27.2. The van der Waals surface area contributed by atoms with E-state index in [1.807, 2.05) is 55.4 Å². The minimum absolute atomic E-state index is 0.218. The molecule has 0 radical (unpaired) electrons. The highest BCUT2D eigenvalue weighted by Gasteiger charge is 2.13. The van der Waals surface area contributed by atoms with E-state index in [2.05, 4.69) is 20.0 Å². The van der Waals surface area contributed by atoms with Crippen molar-refractivity contribution in [1.82, 2.24) is 19.6 Å². The molecule has 2 aromatic carbocycles. The lowest BCUT2D eigenvalue weighted by atomic mass is 10.1. The zero-order valence-electron chi connectivity index (χ0n) is 15.8. The highest BCUT2D eigenvalue weighted by molar-refractivity contribution is 7.89. The first-order valence-corrected chi connectivity index (χ1v) is 10.3. The van der Waals surface area contributed by atoms with E-state index in [4.69, 9.17) is 0 Å². The lowest BCUT2D eigenvalue weighted by Crippen LogP contribution is -2.31. The minimum Gasteiger partial charge on any atom is -0.324 e. The van der Waals surface area contributed by atoms with Crippen LogP contribution in [-0.2, 0) is 10.0 Å². The highest BCUT2D eigenvalue weighted by Crippen LogP contribution is 2.20. The van der Waals surface area contributed by atoms with E-state index in [0.29, 0.717) is 24.7 Å². The summed E-state index contributed by atoms with van der Waals surface area (Å²) in [6.07, 6.45) is 1.69. The maximum absolute atomic E-state index is 12.3. The van der Waals surface area contributed by atoms with Crippen molar-refractivity contribution in [3.63, 3.8) is 0 Å². The quantitative estimate of drug-likeness (QED) is 0.608. The van der Waals surface area contributed by atoms with Crippen LogP contribution in [0.4, 0.5) is 11.6 Å². The number of anilines is 2. The predicted octanol–water partition coefficient (Wildman–Crippen LogP) is 2.73. The van der Waals surface area contributed by atoms with Gasteiger partial charge in [0.2, 0.25) is 16.0 Å². The van der Waals surface area contributed by atoms with Gasteiger partial charge in [0.05, 0.1) is 10.6 Å². The fourth-order valence-electron chi connectivity index (χ4n) is 2.52. The third kappa shape index (κ3) is 5.35. The van der Waals surface area contributed by atoms with Crippen LogP contribution in [0.1, 0.15) is 0 Å². The van der Waals surface area contributed by atoms with Gasteiger partial charge in [0.25, 0.3) is 0 Å². The standard InChI is InChI=1S/C20H23N5O2S/c1-25(2)15-14-22-28(26,27)18-10-8-17(9-11-18)23-20-21-13-12-19(24-20)16-6-4-3-5-7-16/h3-13,22H,14-15H2,1-2H3,(H,21,23,24). The number of hydrogen-bond donors (Lipinski definition) is 2. The molecule has 7 nitrogen and oxygen atoms in total. The molecule has 0 amide bonds. The molecule has 0 saturated carbocycles. The Bertz CT molecular complexity index is 1010. The molecule has 0 bridgehead atoms. The number of nitrogens with zero attached hydrogens (tertiary/aromatic N) is 3. The van der Waals surface area contributed by atoms with Crippen molar-refractivity contribution in [1.29, 1.82) is 0 Å². The summed E-state index contributed by atoms with van der Waals surface area (Å²) in [5, 5.41) is 3.11. The van der Waals surface area contributed by atoms with Crippen LogP contribution in [0.3, 0.4) is 0 Å². The number of sulfonamides is 1. The van der Waals surface area contributed by atoms with Crippen molar-refractivity contribution < 1.29 is 8.42 Å². The minimum atomic E-state index is -3.52. The molecule has 28 heavy (non-hydrogen) atoms. The molecule has 2 N–H and O–H groups in total. The molecule has 0 aliphatic rings. The molecular weight excluding hydrogens is 374 g/mol. The van der Waals surface area contributed by atoms with Gasteiger partial charge in [-0.3, -0.25) is 0 Å². The third-order valence-electron chi connectivity index (χ3n) is 4.00. The van der Waals surface area contributed by atoms with Crippen molar-refractivity contribution >= 4 is 21.7 Å². The lowest BCUT2D eigenvalue weighted by Gasteiger charge is -2.11. The average molecular weight is 398 g/mol. The predicted molar refractivity (Wildman–Crippen MR) is 111 cm³/mol. The van der Waals surface area contributed by atoms with Gasteiger partial charge in [0.15, 0.2) is 0 Å². The van der Waals surface area contributed by atoms with Gasteiger partial charge in [-0.05, 0) is 44.4 Å². The van der Waals surface area contributed by atoms with Gasteiger partial charge >= 0.3 is 0 Å². The van der Waals surface area contributed by atoms with E-state index in [0.717, 1.165) is 11.3 Å². The Hall–Kier alpha value is -2.81. The van der Waals surface area contributed by atoms with Crippen LogP contribution in [0, 0.1) is 0 Å². The largest absolute Gasteiger partial charge is 0.324 e. The molecule has 146 valence electrons. The van der Waals surface area contributed by atoms with Gasteiger partial charge in [-0.25, -0.2) is 23.1 Å². The molecule has 0 fully saturated rings. The van der Waals surface area contributed by atoms with Crippen LogP contribution in [0.5, 0.6) is 0 Å². The molecule has 0 atom stereocenters. The Balaban J connectivity index is 1.69. The second-order valence-electron chi connectivity index (χ2n) is 6.48. The van der Waals surface area contributed by atoms with Crippen molar-refractivity contribution in [2.24, 2.45) is 0 Å². The Labute approximate surface area is 165 Å². The van der Waals surface area contributed by atoms with E-state index in [1.165, 1.54) is 0 Å². The van der Waals surface area contributed by atoms with Crippen molar-refractivity contribution in [2.45, 2.75) is 4.90 Å². The summed E-state index contributed by atoms with van der Waals surface area (Å²) in [7, 11) is 0.261. The van der Waals surface area contributed by atoms with Crippen LogP contribution in [0.2, 0.25) is 0 Å². The first-order valence-electron chi connectivity index (χ1n) is 8.84. The topological polar surface area (TPSA) is 87.2 Å². The summed E-state index contributed by atoms with van der Waals surface area (Å²) in [6.45, 7) is 0.989. The average Bonchev–Trinajstić information content (AvgIpc) is 2.69. The number of rotatable bonds is 8. The Morgan fingerprint density at radius 1 is 0.964 bits per heavy atom. The SMILES string of the molecule is CN(C)CCNS(=O)(=O)c1ccc(Nc2nccc(-c3ccccc3)n2)cc1. The number of likely N-dealkylation sites (N-methyl/N-ethyl adjacent to an activating group) is 1. The van der Waals surface area contributed by atoms with E-state index < -0.39 is 10.0 Å². The van der Waals surface area contributed by atoms with Crippen LogP contribution in [-0.4, -0.2) is 50.5 Å². The number of aromatic nitrogens is 2. The van der Waals surface area contributed by atoms with Crippen molar-refractivity contribution in [2.75, 3.05) is 32.5 Å². The zero-order valence-corrected chi connectivity index (χ0v) is 16.6. The molecule has 0 spiro atoms. The molecule has 8 heteroatoms. The molecule has 3 aromatic rings. The monoisotopic (exact) mass is 397 g/mol. The number of nitrogens with one attached hydrogen (secondary N) is 2. The molecule has 1 heterocycles. The van der Waals surface area contributed by atoms with Crippen LogP contribution < -0.4 is 10.0 Å². The van der Waals surface area contributed by atoms with Gasteiger partial charge in [-0.1, -0.05) is 30.3 Å². The van der Waals surface area contributed by atoms with E-state index in [-0.39, 0.29) is 4.90 Å². The van der Waals surface area contributed by atoms with Crippen LogP contribution in [0.25, 0.3) is 11.3 Å². The van der Waals surface area contributed by atoms with E-state index in [9.17, 15) is 8.42 Å². The summed E-state index contributed by atoms with van der Waals surface area (Å²) in [4.78, 5) is 10.9. The molecule has 3 rings (SSSR count). The second kappa shape index (κ2) is 8.92. The van der Waals surface area contributed by atoms with Gasteiger partial charge in [0.1, 0.15) is 0 Å². The zero-order chi connectivity index (χ0) is 20.0. The van der Waals surface area contributed by atoms with Gasteiger partial charge in [0, 0.05) is 30.5 Å². The molecule has 1 aromatic heterocycles. The van der Waals surface area contributed by atoms with Gasteiger partial charge in [-0.15, -0.1) is 0 Å². The Kier molecular flexibility index (Phi) is 6.35. The highest BCUT2D eigenvalue weighted by atomic mass is 32.2. The molecule has 0 aliphatic carbocycles. The normalized spacial score (nSPS) is 11.5. The van der Waals surface area contributed by atoms with Crippen molar-refractivity contribution in [3.05, 3.63) is 66.9 Å². The maximum atomic E-state index is 12.3. The first kappa shape index (κ1) is 19.9. The van der Waals surface area contributed by atoms with Crippen LogP contribution >= 0.6 is 0 Å². The first-order chi connectivity index (χ1) is 13.4. The Morgan fingerprint density at radius 2 is 1.68 bits per heavy atom. The smallest absolute Gasteiger partial charge is 0.240 e. The lowest BCUT2D eigenvalue weighted by molar-refractivity contribution is 0.412. The van der Waals surface area contributed by atoms with E-state index >= 15 is 0 Å². The summed E-state index contributed by atoms with van der Waals surface area (Å²) in [5.74, 6) is 0.445. The summed E-state index contributed by atoms with van der Waals surface area (Å²) in [6, 6.07) is 18.2. The molecule has 0 unspecified atom stereocenters. The van der Waals surface area contributed by atoms with E-state index in [1.54, 1.807) is 30.5 Å².